The number of nitrogens with zero attached hydrogens (tertiary/aromatic N) is 5. The first kappa shape index (κ1) is 43.2. The number of aliphatic hydroxyl groups is 1. The van der Waals surface area contributed by atoms with Crippen molar-refractivity contribution >= 4 is 53.8 Å². The molecule has 3 heterocycles. The number of methoxy groups -OCH3 is 1. The number of hydrogen-bond donors (Lipinski definition) is 1. The van der Waals surface area contributed by atoms with Crippen LogP contribution in [0.15, 0.2) is 132 Å². The van der Waals surface area contributed by atoms with Crippen LogP contribution >= 0.6 is 0 Å². The minimum Gasteiger partial charge on any atom is -0.497 e. The van der Waals surface area contributed by atoms with E-state index in [1.54, 1.807) is 23.0 Å². The van der Waals surface area contributed by atoms with Crippen molar-refractivity contribution in [2.45, 2.75) is 69.6 Å². The summed E-state index contributed by atoms with van der Waals surface area (Å²) in [5.41, 5.74) is 2.55. The molecule has 8 rings (SSSR count). The lowest BCUT2D eigenvalue weighted by molar-refractivity contribution is -0.385. The molecule has 0 aromatic heterocycles. The second-order valence-corrected chi connectivity index (χ2v) is 21.7. The summed E-state index contributed by atoms with van der Waals surface area (Å²) in [5.74, 6) is -0.616. The van der Waals surface area contributed by atoms with Gasteiger partial charge in [0.05, 0.1) is 62.9 Å². The van der Waals surface area contributed by atoms with Crippen LogP contribution in [0.25, 0.3) is 0 Å². The average Bonchev–Trinajstić information content (AvgIpc) is 3.72. The van der Waals surface area contributed by atoms with Gasteiger partial charge in [0.2, 0.25) is 11.8 Å². The Morgan fingerprint density at radius 2 is 1.63 bits per heavy atom. The van der Waals surface area contributed by atoms with E-state index in [2.05, 4.69) is 13.1 Å². The highest BCUT2D eigenvalue weighted by Crippen LogP contribution is 2.60. The molecule has 0 aliphatic carbocycles. The highest BCUT2D eigenvalue weighted by Gasteiger charge is 2.67. The van der Waals surface area contributed by atoms with Crippen LogP contribution in [0.2, 0.25) is 18.6 Å². The minimum atomic E-state index is -2.70. The summed E-state index contributed by atoms with van der Waals surface area (Å²) in [6.07, 6.45) is -0.0416. The van der Waals surface area contributed by atoms with E-state index >= 15 is 4.79 Å². The van der Waals surface area contributed by atoms with Gasteiger partial charge < -0.3 is 24.4 Å². The molecule has 0 bridgehead atoms. The van der Waals surface area contributed by atoms with Gasteiger partial charge in [-0.15, -0.1) is 0 Å². The van der Waals surface area contributed by atoms with Crippen molar-refractivity contribution in [2.24, 2.45) is 11.0 Å². The van der Waals surface area contributed by atoms with E-state index in [1.807, 2.05) is 116 Å². The first-order valence-electron chi connectivity index (χ1n) is 21.3. The highest BCUT2D eigenvalue weighted by molar-refractivity contribution is 6.91. The third-order valence-electron chi connectivity index (χ3n) is 13.0. The molecule has 324 valence electrons. The molecule has 1 spiro atoms. The summed E-state index contributed by atoms with van der Waals surface area (Å²) >= 11 is 0. The Morgan fingerprint density at radius 3 is 2.32 bits per heavy atom. The fourth-order valence-electron chi connectivity index (χ4n) is 9.85. The zero-order valence-electron chi connectivity index (χ0n) is 35.8. The normalized spacial score (nSPS) is 20.8. The summed E-state index contributed by atoms with van der Waals surface area (Å²) < 4.78 is 12.7. The molecule has 5 aromatic rings. The quantitative estimate of drug-likeness (QED) is 0.0693. The van der Waals surface area contributed by atoms with Crippen molar-refractivity contribution in [3.63, 3.8) is 0 Å². The maximum absolute atomic E-state index is 15.5. The summed E-state index contributed by atoms with van der Waals surface area (Å²) in [4.78, 5) is 58.4. The van der Waals surface area contributed by atoms with E-state index in [1.165, 1.54) is 17.1 Å². The van der Waals surface area contributed by atoms with Gasteiger partial charge in [-0.3, -0.25) is 24.5 Å². The van der Waals surface area contributed by atoms with Crippen LogP contribution in [-0.2, 0) is 37.8 Å². The molecule has 14 heteroatoms. The molecule has 4 atom stereocenters. The molecule has 3 amide bonds. The lowest BCUT2D eigenvalue weighted by atomic mass is 9.82. The highest BCUT2D eigenvalue weighted by atomic mass is 28.3. The fraction of sp³-hybridized carbons (Fsp3) is 0.306. The van der Waals surface area contributed by atoms with E-state index in [4.69, 9.17) is 14.6 Å². The van der Waals surface area contributed by atoms with Gasteiger partial charge in [0.1, 0.15) is 5.75 Å². The van der Waals surface area contributed by atoms with E-state index < -0.39 is 30.6 Å². The average molecular weight is 866 g/mol. The second-order valence-electron chi connectivity index (χ2n) is 17.0. The number of nitro benzene ring substituents is 1. The number of non-ortho nitro benzene ring substituents is 1. The molecule has 1 saturated heterocycles. The van der Waals surface area contributed by atoms with E-state index in [0.717, 1.165) is 22.0 Å². The third kappa shape index (κ3) is 8.17. The molecule has 13 nitrogen and oxygen atoms in total. The topological polar surface area (TPSA) is 155 Å². The van der Waals surface area contributed by atoms with Gasteiger partial charge in [-0.25, -0.2) is 5.01 Å². The molecule has 3 aliphatic heterocycles. The van der Waals surface area contributed by atoms with E-state index in [9.17, 15) is 24.8 Å². The Bertz CT molecular complexity index is 2550. The number of rotatable bonds is 14. The molecule has 1 N–H and O–H groups in total. The Kier molecular flexibility index (Phi) is 12.1. The number of anilines is 2. The SMILES string of the molecule is COc1ccc([Si](C)(C)[C@H]2[C@H](CC(=O)N(CCO)Cc3ccccc3)O[C@@]3(C(=O)N(Cc4cccc(N5N=C(c6ccccc6)CCC5=O)c4)c4ccc([N+](=O)[O-])cc43)[C@@H]2C)cc1. The Hall–Kier alpha value is -6.48. The number of ether oxygens (including phenoxy) is 2. The number of benzene rings is 5. The molecule has 3 aliphatic rings. The van der Waals surface area contributed by atoms with Crippen LogP contribution in [-0.4, -0.2) is 72.8 Å². The predicted molar refractivity (Wildman–Crippen MR) is 244 cm³/mol. The number of hydrazone groups is 1. The number of nitro groups is 1. The fourth-order valence-corrected chi connectivity index (χ4v) is 13.9. The zero-order valence-corrected chi connectivity index (χ0v) is 36.8. The van der Waals surface area contributed by atoms with Crippen LogP contribution < -0.4 is 19.8 Å². The largest absolute Gasteiger partial charge is 0.497 e. The standard InChI is InChI=1S/C49H51N5O8Si/c1-33-47(63(3,4)40-21-19-39(61-2)20-22-40)44(30-46(57)51(26-27-55)31-34-12-7-5-8-13-34)62-49(33)41-29-38(54(59)60)18-24-43(41)52(48(49)58)32-35-14-11-17-37(28-35)53-45(56)25-23-42(50-53)36-15-9-6-10-16-36/h5-22,24,28-29,33,44,47,55H,23,25-27,30-32H2,1-4H3/t33-,44+,47-,49+/m1/s1. The monoisotopic (exact) mass is 865 g/mol. The number of fused-ring (bicyclic) bond motifs is 2. The van der Waals surface area contributed by atoms with Crippen molar-refractivity contribution < 1.29 is 33.9 Å². The van der Waals surface area contributed by atoms with Crippen molar-refractivity contribution in [1.29, 1.82) is 0 Å². The first-order chi connectivity index (χ1) is 30.3. The zero-order chi connectivity index (χ0) is 44.5. The van der Waals surface area contributed by atoms with Gasteiger partial charge in [-0.1, -0.05) is 110 Å². The van der Waals surface area contributed by atoms with Gasteiger partial charge in [0.15, 0.2) is 5.60 Å². The van der Waals surface area contributed by atoms with Crippen molar-refractivity contribution in [3.8, 4) is 5.75 Å². The van der Waals surface area contributed by atoms with Gasteiger partial charge in [-0.05, 0) is 52.6 Å². The maximum atomic E-state index is 15.5. The lowest BCUT2D eigenvalue weighted by Crippen LogP contribution is -2.52. The molecule has 63 heavy (non-hydrogen) atoms. The van der Waals surface area contributed by atoms with Crippen molar-refractivity contribution in [1.82, 2.24) is 4.90 Å². The van der Waals surface area contributed by atoms with Gasteiger partial charge >= 0.3 is 0 Å². The van der Waals surface area contributed by atoms with Crippen LogP contribution in [0, 0.1) is 16.0 Å². The van der Waals surface area contributed by atoms with Crippen LogP contribution in [0.4, 0.5) is 17.1 Å². The number of carbonyl (C=O) groups is 3. The first-order valence-corrected chi connectivity index (χ1v) is 24.3. The maximum Gasteiger partial charge on any atom is 0.269 e. The van der Waals surface area contributed by atoms with Crippen LogP contribution in [0.5, 0.6) is 5.75 Å². The number of amides is 3. The minimum absolute atomic E-state index is 0.0710. The summed E-state index contributed by atoms with van der Waals surface area (Å²) in [5, 5.41) is 29.7. The van der Waals surface area contributed by atoms with E-state index in [-0.39, 0.29) is 68.0 Å². The molecule has 5 aromatic carbocycles. The van der Waals surface area contributed by atoms with Gasteiger partial charge in [0.25, 0.3) is 11.6 Å². The molecular weight excluding hydrogens is 815 g/mol. The molecule has 1 fully saturated rings. The molecule has 0 saturated carbocycles. The Morgan fingerprint density at radius 1 is 0.937 bits per heavy atom. The van der Waals surface area contributed by atoms with Crippen LogP contribution in [0.1, 0.15) is 48.4 Å². The Labute approximate surface area is 367 Å². The predicted octanol–water partition coefficient (Wildman–Crippen LogP) is 7.31. The smallest absolute Gasteiger partial charge is 0.269 e. The summed E-state index contributed by atoms with van der Waals surface area (Å²) in [6, 6.07) is 38.9. The van der Waals surface area contributed by atoms with Gasteiger partial charge in [0, 0.05) is 49.5 Å². The lowest BCUT2D eigenvalue weighted by Gasteiger charge is -2.37. The Balaban J connectivity index is 1.18. The summed E-state index contributed by atoms with van der Waals surface area (Å²) in [6.45, 7) is 6.59. The second kappa shape index (κ2) is 17.7. The number of hydrogen-bond acceptors (Lipinski definition) is 9. The van der Waals surface area contributed by atoms with Gasteiger partial charge in [-0.2, -0.15) is 5.10 Å². The van der Waals surface area contributed by atoms with Crippen molar-refractivity contribution in [3.05, 3.63) is 160 Å². The van der Waals surface area contributed by atoms with E-state index in [0.29, 0.717) is 34.7 Å². The summed E-state index contributed by atoms with van der Waals surface area (Å²) in [7, 11) is -1.09. The van der Waals surface area contributed by atoms with Crippen LogP contribution in [0.3, 0.4) is 0 Å². The molecule has 0 radical (unpaired) electrons. The molecular formula is C49H51N5O8Si. The number of carbonyl (C=O) groups excluding carboxylic acids is 3. The number of aliphatic hydroxyl groups excluding tert-OH is 1. The molecule has 0 unspecified atom stereocenters. The van der Waals surface area contributed by atoms with Crippen molar-refractivity contribution in [2.75, 3.05) is 30.2 Å². The third-order valence-corrected chi connectivity index (χ3v) is 17.3.